The van der Waals surface area contributed by atoms with Crippen molar-refractivity contribution < 1.29 is 4.79 Å². The lowest BCUT2D eigenvalue weighted by atomic mass is 9.87. The van der Waals surface area contributed by atoms with Crippen LogP contribution in [-0.4, -0.2) is 10.9 Å². The molecule has 1 saturated carbocycles. The summed E-state index contributed by atoms with van der Waals surface area (Å²) in [5, 5.41) is 3.65. The number of thiazole rings is 1. The highest BCUT2D eigenvalue weighted by atomic mass is 32.1. The van der Waals surface area contributed by atoms with Gasteiger partial charge in [0.1, 0.15) is 0 Å². The van der Waals surface area contributed by atoms with Crippen LogP contribution in [0.4, 0.5) is 5.13 Å². The van der Waals surface area contributed by atoms with Crippen molar-refractivity contribution >= 4 is 22.4 Å². The van der Waals surface area contributed by atoms with Crippen molar-refractivity contribution in [3.8, 4) is 10.4 Å². The van der Waals surface area contributed by atoms with Gasteiger partial charge in [0.05, 0.1) is 4.88 Å². The second-order valence-corrected chi connectivity index (χ2v) is 6.68. The molecule has 0 aliphatic heterocycles. The molecule has 1 aromatic heterocycles. The Morgan fingerprint density at radius 1 is 1.19 bits per heavy atom. The zero-order chi connectivity index (χ0) is 14.5. The first-order chi connectivity index (χ1) is 10.3. The summed E-state index contributed by atoms with van der Waals surface area (Å²) in [6.45, 7) is 0. The summed E-state index contributed by atoms with van der Waals surface area (Å²) < 4.78 is 0. The Balaban J connectivity index is 1.58. The molecule has 3 nitrogen and oxygen atoms in total. The number of benzene rings is 1. The molecule has 1 N–H and O–H groups in total. The van der Waals surface area contributed by atoms with Gasteiger partial charge in [0.2, 0.25) is 5.91 Å². The number of anilines is 1. The first kappa shape index (κ1) is 14.3. The van der Waals surface area contributed by atoms with Gasteiger partial charge in [-0.3, -0.25) is 4.79 Å². The van der Waals surface area contributed by atoms with Gasteiger partial charge in [0, 0.05) is 12.6 Å². The molecule has 1 amide bonds. The van der Waals surface area contributed by atoms with E-state index in [2.05, 4.69) is 22.4 Å². The first-order valence-electron chi connectivity index (χ1n) is 7.62. The molecule has 1 aromatic carbocycles. The normalized spacial score (nSPS) is 15.8. The molecule has 2 aromatic rings. The number of carbonyl (C=O) groups is 1. The quantitative estimate of drug-likeness (QED) is 0.887. The summed E-state index contributed by atoms with van der Waals surface area (Å²) in [4.78, 5) is 17.5. The Labute approximate surface area is 129 Å². The minimum absolute atomic E-state index is 0.107. The molecule has 0 radical (unpaired) electrons. The topological polar surface area (TPSA) is 42.0 Å². The number of aromatic nitrogens is 1. The molecule has 3 rings (SSSR count). The molecule has 0 unspecified atom stereocenters. The summed E-state index contributed by atoms with van der Waals surface area (Å²) in [5.74, 6) is 0.670. The van der Waals surface area contributed by atoms with Gasteiger partial charge in [0.25, 0.3) is 0 Å². The van der Waals surface area contributed by atoms with Crippen LogP contribution in [0.25, 0.3) is 10.4 Å². The predicted octanol–water partition coefficient (Wildman–Crippen LogP) is 4.72. The van der Waals surface area contributed by atoms with Gasteiger partial charge in [-0.1, -0.05) is 60.9 Å². The molecule has 1 fully saturated rings. The molecule has 0 bridgehead atoms. The van der Waals surface area contributed by atoms with Gasteiger partial charge >= 0.3 is 0 Å². The van der Waals surface area contributed by atoms with Gasteiger partial charge < -0.3 is 5.32 Å². The van der Waals surface area contributed by atoms with Gasteiger partial charge in [-0.25, -0.2) is 4.98 Å². The Kier molecular flexibility index (Phi) is 4.65. The van der Waals surface area contributed by atoms with Crippen molar-refractivity contribution in [3.63, 3.8) is 0 Å². The summed E-state index contributed by atoms with van der Waals surface area (Å²) >= 11 is 1.53. The number of amides is 1. The third kappa shape index (κ3) is 3.91. The molecule has 110 valence electrons. The van der Waals surface area contributed by atoms with Crippen molar-refractivity contribution in [2.45, 2.75) is 38.5 Å². The van der Waals surface area contributed by atoms with Crippen molar-refractivity contribution in [2.75, 3.05) is 5.32 Å². The highest BCUT2D eigenvalue weighted by molar-refractivity contribution is 7.19. The van der Waals surface area contributed by atoms with E-state index in [0.717, 1.165) is 10.4 Å². The van der Waals surface area contributed by atoms with Crippen LogP contribution in [-0.2, 0) is 4.79 Å². The fourth-order valence-electron chi connectivity index (χ4n) is 2.89. The molecule has 1 aliphatic carbocycles. The molecule has 0 saturated heterocycles. The average Bonchev–Trinajstić information content (AvgIpc) is 2.97. The van der Waals surface area contributed by atoms with Crippen molar-refractivity contribution in [1.82, 2.24) is 4.98 Å². The maximum Gasteiger partial charge on any atom is 0.226 e. The smallest absolute Gasteiger partial charge is 0.226 e. The van der Waals surface area contributed by atoms with E-state index in [1.807, 2.05) is 24.4 Å². The average molecular weight is 300 g/mol. The Bertz CT molecular complexity index is 588. The molecular formula is C17H20N2OS. The monoisotopic (exact) mass is 300 g/mol. The van der Waals surface area contributed by atoms with Gasteiger partial charge in [0.15, 0.2) is 5.13 Å². The van der Waals surface area contributed by atoms with Crippen LogP contribution in [0.1, 0.15) is 38.5 Å². The van der Waals surface area contributed by atoms with E-state index >= 15 is 0 Å². The lowest BCUT2D eigenvalue weighted by Crippen LogP contribution is -2.18. The Morgan fingerprint density at radius 3 is 2.71 bits per heavy atom. The maximum absolute atomic E-state index is 12.1. The van der Waals surface area contributed by atoms with E-state index in [0.29, 0.717) is 17.5 Å². The highest BCUT2D eigenvalue weighted by Crippen LogP contribution is 2.30. The number of hydrogen-bond donors (Lipinski definition) is 1. The molecule has 1 heterocycles. The number of nitrogens with zero attached hydrogens (tertiary/aromatic N) is 1. The summed E-state index contributed by atoms with van der Waals surface area (Å²) in [6.07, 6.45) is 8.73. The predicted molar refractivity (Wildman–Crippen MR) is 87.4 cm³/mol. The maximum atomic E-state index is 12.1. The minimum Gasteiger partial charge on any atom is -0.302 e. The fraction of sp³-hybridized carbons (Fsp3) is 0.412. The number of nitrogens with one attached hydrogen (secondary N) is 1. The molecule has 0 spiro atoms. The van der Waals surface area contributed by atoms with Crippen LogP contribution in [0, 0.1) is 5.92 Å². The minimum atomic E-state index is 0.107. The largest absolute Gasteiger partial charge is 0.302 e. The van der Waals surface area contributed by atoms with E-state index < -0.39 is 0 Å². The van der Waals surface area contributed by atoms with E-state index in [9.17, 15) is 4.79 Å². The van der Waals surface area contributed by atoms with Crippen LogP contribution in [0.3, 0.4) is 0 Å². The Hall–Kier alpha value is -1.68. The SMILES string of the molecule is O=C(CC1CCCCC1)Nc1ncc(-c2ccccc2)s1. The second-order valence-electron chi connectivity index (χ2n) is 5.65. The zero-order valence-corrected chi connectivity index (χ0v) is 12.9. The number of carbonyl (C=O) groups excluding carboxylic acids is 1. The zero-order valence-electron chi connectivity index (χ0n) is 12.0. The lowest BCUT2D eigenvalue weighted by molar-refractivity contribution is -0.117. The molecule has 4 heteroatoms. The van der Waals surface area contributed by atoms with Crippen LogP contribution in [0.5, 0.6) is 0 Å². The Morgan fingerprint density at radius 2 is 1.95 bits per heavy atom. The third-order valence-corrected chi connectivity index (χ3v) is 4.97. The molecule has 1 aliphatic rings. The van der Waals surface area contributed by atoms with Gasteiger partial charge in [-0.2, -0.15) is 0 Å². The van der Waals surface area contributed by atoms with E-state index in [1.165, 1.54) is 43.4 Å². The lowest BCUT2D eigenvalue weighted by Gasteiger charge is -2.20. The molecule has 21 heavy (non-hydrogen) atoms. The third-order valence-electron chi connectivity index (χ3n) is 4.01. The standard InChI is InChI=1S/C17H20N2OS/c20-16(11-13-7-3-1-4-8-13)19-17-18-12-15(21-17)14-9-5-2-6-10-14/h2,5-6,9-10,12-13H,1,3-4,7-8,11H2,(H,18,19,20). The van der Waals surface area contributed by atoms with Crippen molar-refractivity contribution in [1.29, 1.82) is 0 Å². The van der Waals surface area contributed by atoms with Crippen LogP contribution in [0.2, 0.25) is 0 Å². The van der Waals surface area contributed by atoms with E-state index in [4.69, 9.17) is 0 Å². The molecular weight excluding hydrogens is 280 g/mol. The van der Waals surface area contributed by atoms with Crippen LogP contribution < -0.4 is 5.32 Å². The molecule has 0 atom stereocenters. The van der Waals surface area contributed by atoms with E-state index in [1.54, 1.807) is 0 Å². The van der Waals surface area contributed by atoms with Crippen LogP contribution in [0.15, 0.2) is 36.5 Å². The summed E-state index contributed by atoms with van der Waals surface area (Å²) in [6, 6.07) is 10.1. The van der Waals surface area contributed by atoms with Gasteiger partial charge in [-0.15, -0.1) is 0 Å². The highest BCUT2D eigenvalue weighted by Gasteiger charge is 2.17. The fourth-order valence-corrected chi connectivity index (χ4v) is 3.73. The summed E-state index contributed by atoms with van der Waals surface area (Å²) in [5.41, 5.74) is 1.14. The van der Waals surface area contributed by atoms with Gasteiger partial charge in [-0.05, 0) is 24.3 Å². The number of hydrogen-bond acceptors (Lipinski definition) is 3. The number of rotatable bonds is 4. The summed E-state index contributed by atoms with van der Waals surface area (Å²) in [7, 11) is 0. The van der Waals surface area contributed by atoms with Crippen LogP contribution >= 0.6 is 11.3 Å². The van der Waals surface area contributed by atoms with E-state index in [-0.39, 0.29) is 5.91 Å². The van der Waals surface area contributed by atoms with Crippen molar-refractivity contribution in [2.24, 2.45) is 5.92 Å². The van der Waals surface area contributed by atoms with Crippen molar-refractivity contribution in [3.05, 3.63) is 36.5 Å². The first-order valence-corrected chi connectivity index (χ1v) is 8.44. The second kappa shape index (κ2) is 6.85.